The zero-order chi connectivity index (χ0) is 17.1. The molecule has 1 aliphatic heterocycles. The van der Waals surface area contributed by atoms with Gasteiger partial charge in [-0.1, -0.05) is 29.3 Å². The van der Waals surface area contributed by atoms with E-state index in [1.807, 2.05) is 26.8 Å². The van der Waals surface area contributed by atoms with E-state index in [4.69, 9.17) is 0 Å². The topological polar surface area (TPSA) is 86.7 Å². The number of hydrogen-bond donors (Lipinski definition) is 2. The van der Waals surface area contributed by atoms with Crippen molar-refractivity contribution in [1.82, 2.24) is 10.2 Å². The van der Waals surface area contributed by atoms with E-state index in [2.05, 4.69) is 5.32 Å². The van der Waals surface area contributed by atoms with Crippen molar-refractivity contribution in [2.75, 3.05) is 13.1 Å². The third kappa shape index (κ3) is 3.88. The summed E-state index contributed by atoms with van der Waals surface area (Å²) in [7, 11) is 0. The van der Waals surface area contributed by atoms with Crippen LogP contribution < -0.4 is 5.32 Å². The molecule has 6 heteroatoms. The van der Waals surface area contributed by atoms with Crippen LogP contribution in [0.15, 0.2) is 18.2 Å². The van der Waals surface area contributed by atoms with E-state index in [-0.39, 0.29) is 18.2 Å². The van der Waals surface area contributed by atoms with Crippen molar-refractivity contribution < 1.29 is 19.5 Å². The zero-order valence-electron chi connectivity index (χ0n) is 13.6. The van der Waals surface area contributed by atoms with Gasteiger partial charge in [0.15, 0.2) is 6.04 Å². The van der Waals surface area contributed by atoms with Crippen LogP contribution >= 0.6 is 0 Å². The van der Waals surface area contributed by atoms with Gasteiger partial charge in [-0.15, -0.1) is 0 Å². The van der Waals surface area contributed by atoms with Crippen LogP contribution in [-0.2, 0) is 14.4 Å². The van der Waals surface area contributed by atoms with Gasteiger partial charge in [-0.25, -0.2) is 4.79 Å². The van der Waals surface area contributed by atoms with Crippen LogP contribution in [0.3, 0.4) is 0 Å². The molecule has 0 bridgehead atoms. The molecule has 2 amide bonds. The van der Waals surface area contributed by atoms with E-state index < -0.39 is 17.9 Å². The Morgan fingerprint density at radius 1 is 1.30 bits per heavy atom. The van der Waals surface area contributed by atoms with Gasteiger partial charge >= 0.3 is 5.97 Å². The third-order valence-corrected chi connectivity index (χ3v) is 4.08. The Morgan fingerprint density at radius 3 is 2.39 bits per heavy atom. The molecule has 1 saturated heterocycles. The summed E-state index contributed by atoms with van der Waals surface area (Å²) in [6.45, 7) is 6.52. The molecule has 1 aromatic rings. The van der Waals surface area contributed by atoms with E-state index in [1.54, 1.807) is 17.0 Å². The molecule has 1 fully saturated rings. The largest absolute Gasteiger partial charge is 0.479 e. The Balaban J connectivity index is 2.15. The number of nitrogens with zero attached hydrogens (tertiary/aromatic N) is 1. The fourth-order valence-corrected chi connectivity index (χ4v) is 2.98. The second-order valence-electron chi connectivity index (χ2n) is 6.03. The number of carbonyl (C=O) groups excluding carboxylic acids is 2. The second kappa shape index (κ2) is 6.81. The summed E-state index contributed by atoms with van der Waals surface area (Å²) in [6.07, 6.45) is 0.138. The standard InChI is InChI=1S/C17H22N2O4/c1-4-19-9-13(8-14(19)20)16(21)18-15(17(22)23)12-6-10(2)5-11(3)7-12/h5-7,13,15H,4,8-9H2,1-3H3,(H,18,21)(H,22,23). The fraction of sp³-hybridized carbons (Fsp3) is 0.471. The highest BCUT2D eigenvalue weighted by Gasteiger charge is 2.35. The number of rotatable bonds is 5. The van der Waals surface area contributed by atoms with Crippen molar-refractivity contribution in [2.24, 2.45) is 5.92 Å². The molecule has 1 aromatic carbocycles. The first kappa shape index (κ1) is 17.0. The fourth-order valence-electron chi connectivity index (χ4n) is 2.98. The number of aryl methyl sites for hydroxylation is 2. The predicted octanol–water partition coefficient (Wildman–Crippen LogP) is 1.41. The van der Waals surface area contributed by atoms with Crippen molar-refractivity contribution in [3.8, 4) is 0 Å². The lowest BCUT2D eigenvalue weighted by Crippen LogP contribution is -2.38. The van der Waals surface area contributed by atoms with E-state index in [0.717, 1.165) is 11.1 Å². The van der Waals surface area contributed by atoms with E-state index >= 15 is 0 Å². The lowest BCUT2D eigenvalue weighted by atomic mass is 10.00. The number of aliphatic carboxylic acids is 1. The molecule has 0 aliphatic carbocycles. The molecule has 124 valence electrons. The molecular formula is C17H22N2O4. The summed E-state index contributed by atoms with van der Waals surface area (Å²) in [6, 6.07) is 4.35. The molecule has 0 radical (unpaired) electrons. The Bertz CT molecular complexity index is 621. The quantitative estimate of drug-likeness (QED) is 0.859. The van der Waals surface area contributed by atoms with Gasteiger partial charge in [0.1, 0.15) is 0 Å². The molecule has 1 heterocycles. The maximum Gasteiger partial charge on any atom is 0.330 e. The summed E-state index contributed by atoms with van der Waals surface area (Å²) in [5, 5.41) is 12.0. The zero-order valence-corrected chi connectivity index (χ0v) is 13.6. The number of carboxylic acids is 1. The van der Waals surface area contributed by atoms with Crippen LogP contribution in [0, 0.1) is 19.8 Å². The van der Waals surface area contributed by atoms with Gasteiger partial charge in [0.2, 0.25) is 11.8 Å². The summed E-state index contributed by atoms with van der Waals surface area (Å²) < 4.78 is 0. The van der Waals surface area contributed by atoms with Gasteiger partial charge in [-0.3, -0.25) is 9.59 Å². The lowest BCUT2D eigenvalue weighted by Gasteiger charge is -2.19. The molecule has 6 nitrogen and oxygen atoms in total. The highest BCUT2D eigenvalue weighted by Crippen LogP contribution is 2.21. The minimum Gasteiger partial charge on any atom is -0.479 e. The van der Waals surface area contributed by atoms with Crippen LogP contribution in [0.5, 0.6) is 0 Å². The van der Waals surface area contributed by atoms with Crippen molar-refractivity contribution >= 4 is 17.8 Å². The number of likely N-dealkylation sites (tertiary alicyclic amines) is 1. The average Bonchev–Trinajstić information content (AvgIpc) is 2.84. The average molecular weight is 318 g/mol. The minimum absolute atomic E-state index is 0.0640. The van der Waals surface area contributed by atoms with Crippen molar-refractivity contribution in [3.05, 3.63) is 34.9 Å². The summed E-state index contributed by atoms with van der Waals surface area (Å²) in [5.41, 5.74) is 2.42. The molecule has 0 aromatic heterocycles. The molecule has 2 unspecified atom stereocenters. The molecule has 0 spiro atoms. The molecule has 2 N–H and O–H groups in total. The van der Waals surface area contributed by atoms with Gasteiger partial charge in [0.05, 0.1) is 5.92 Å². The monoisotopic (exact) mass is 318 g/mol. The maximum atomic E-state index is 12.4. The maximum absolute atomic E-state index is 12.4. The van der Waals surface area contributed by atoms with E-state index in [9.17, 15) is 19.5 Å². The van der Waals surface area contributed by atoms with Crippen molar-refractivity contribution in [1.29, 1.82) is 0 Å². The van der Waals surface area contributed by atoms with Crippen LogP contribution in [-0.4, -0.2) is 40.9 Å². The van der Waals surface area contributed by atoms with Gasteiger partial charge in [-0.2, -0.15) is 0 Å². The van der Waals surface area contributed by atoms with Crippen molar-refractivity contribution in [3.63, 3.8) is 0 Å². The van der Waals surface area contributed by atoms with Gasteiger partial charge in [0.25, 0.3) is 0 Å². The first-order valence-corrected chi connectivity index (χ1v) is 7.71. The van der Waals surface area contributed by atoms with E-state index in [0.29, 0.717) is 18.7 Å². The number of carboxylic acid groups (broad SMARTS) is 1. The number of amides is 2. The Hall–Kier alpha value is -2.37. The summed E-state index contributed by atoms with van der Waals surface area (Å²) >= 11 is 0. The Morgan fingerprint density at radius 2 is 1.91 bits per heavy atom. The van der Waals surface area contributed by atoms with E-state index in [1.165, 1.54) is 0 Å². The first-order valence-electron chi connectivity index (χ1n) is 7.71. The van der Waals surface area contributed by atoms with Crippen LogP contribution in [0.25, 0.3) is 0 Å². The SMILES string of the molecule is CCN1CC(C(=O)NC(C(=O)O)c2cc(C)cc(C)c2)CC1=O. The molecule has 2 atom stereocenters. The normalized spacial score (nSPS) is 18.8. The van der Waals surface area contributed by atoms with Crippen LogP contribution in [0.1, 0.15) is 36.1 Å². The van der Waals surface area contributed by atoms with Gasteiger partial charge in [-0.05, 0) is 26.3 Å². The highest BCUT2D eigenvalue weighted by atomic mass is 16.4. The number of hydrogen-bond acceptors (Lipinski definition) is 3. The molecule has 2 rings (SSSR count). The summed E-state index contributed by atoms with van der Waals surface area (Å²) in [4.78, 5) is 37.3. The van der Waals surface area contributed by atoms with Gasteiger partial charge in [0, 0.05) is 19.5 Å². The molecule has 1 aliphatic rings. The second-order valence-corrected chi connectivity index (χ2v) is 6.03. The molecule has 0 saturated carbocycles. The third-order valence-electron chi connectivity index (χ3n) is 4.08. The minimum atomic E-state index is -1.11. The van der Waals surface area contributed by atoms with Crippen molar-refractivity contribution in [2.45, 2.75) is 33.2 Å². The molecule has 23 heavy (non-hydrogen) atoms. The first-order chi connectivity index (χ1) is 10.8. The Kier molecular flexibility index (Phi) is 5.03. The highest BCUT2D eigenvalue weighted by molar-refractivity contribution is 5.91. The van der Waals surface area contributed by atoms with Gasteiger partial charge < -0.3 is 15.3 Å². The number of carbonyl (C=O) groups is 3. The van der Waals surface area contributed by atoms with Crippen LogP contribution in [0.2, 0.25) is 0 Å². The number of nitrogens with one attached hydrogen (secondary N) is 1. The number of benzene rings is 1. The summed E-state index contributed by atoms with van der Waals surface area (Å²) in [5.74, 6) is -2.05. The Labute approximate surface area is 135 Å². The smallest absolute Gasteiger partial charge is 0.330 e. The molecular weight excluding hydrogens is 296 g/mol. The lowest BCUT2D eigenvalue weighted by molar-refractivity contribution is -0.142. The van der Waals surface area contributed by atoms with Crippen LogP contribution in [0.4, 0.5) is 0 Å². The predicted molar refractivity (Wildman–Crippen MR) is 84.8 cm³/mol.